The van der Waals surface area contributed by atoms with Gasteiger partial charge in [0.05, 0.1) is 0 Å². The van der Waals surface area contributed by atoms with E-state index in [0.29, 0.717) is 13.0 Å². The third-order valence-electron chi connectivity index (χ3n) is 1.32. The standard InChI is InChI=1S/C6H14N4O2/c1-9-6(8)10-3-2-4(7)5(11)12/h4H,2-3,7H2,1H3,(H,11,12)(H3,8,9,10)/t4-/m0/s1. The molecular weight excluding hydrogens is 160 g/mol. The molecule has 6 heteroatoms. The van der Waals surface area contributed by atoms with Crippen LogP contribution in [0.5, 0.6) is 0 Å². The summed E-state index contributed by atoms with van der Waals surface area (Å²) in [6.45, 7) is 0.413. The highest BCUT2D eigenvalue weighted by molar-refractivity contribution is 5.77. The van der Waals surface area contributed by atoms with Gasteiger partial charge in [-0.15, -0.1) is 0 Å². The van der Waals surface area contributed by atoms with Crippen LogP contribution in [0.2, 0.25) is 0 Å². The van der Waals surface area contributed by atoms with E-state index in [-0.39, 0.29) is 5.96 Å². The zero-order valence-electron chi connectivity index (χ0n) is 6.95. The predicted molar refractivity (Wildman–Crippen MR) is 45.8 cm³/mol. The van der Waals surface area contributed by atoms with Gasteiger partial charge in [0.2, 0.25) is 0 Å². The molecule has 0 radical (unpaired) electrons. The van der Waals surface area contributed by atoms with Crippen molar-refractivity contribution in [2.45, 2.75) is 12.5 Å². The van der Waals surface area contributed by atoms with E-state index in [0.717, 1.165) is 0 Å². The van der Waals surface area contributed by atoms with Crippen LogP contribution in [0.3, 0.4) is 0 Å². The largest absolute Gasteiger partial charge is 0.480 e. The molecule has 0 unspecified atom stereocenters. The number of carbonyl (C=O) groups is 1. The third-order valence-corrected chi connectivity index (χ3v) is 1.32. The first-order chi connectivity index (χ1) is 5.57. The van der Waals surface area contributed by atoms with Crippen LogP contribution in [0.25, 0.3) is 0 Å². The molecular formula is C6H14N4O2. The fourth-order valence-corrected chi connectivity index (χ4v) is 0.558. The number of carboxylic acid groups (broad SMARTS) is 1. The molecule has 6 N–H and O–H groups in total. The van der Waals surface area contributed by atoms with Crippen LogP contribution in [0, 0.1) is 0 Å². The van der Waals surface area contributed by atoms with Crippen molar-refractivity contribution in [2.75, 3.05) is 13.6 Å². The lowest BCUT2D eigenvalue weighted by atomic mass is 10.2. The Kier molecular flexibility index (Phi) is 4.78. The first-order valence-electron chi connectivity index (χ1n) is 3.52. The number of hydrogen-bond donors (Lipinski definition) is 4. The van der Waals surface area contributed by atoms with E-state index in [1.807, 2.05) is 0 Å². The number of aliphatic carboxylic acids is 1. The lowest BCUT2D eigenvalue weighted by molar-refractivity contribution is -0.138. The average Bonchev–Trinajstić information content (AvgIpc) is 2.03. The number of nitrogens with zero attached hydrogens (tertiary/aromatic N) is 1. The van der Waals surface area contributed by atoms with Crippen LogP contribution in [0.15, 0.2) is 4.99 Å². The Morgan fingerprint density at radius 3 is 2.75 bits per heavy atom. The lowest BCUT2D eigenvalue weighted by Gasteiger charge is -2.07. The number of hydrogen-bond acceptors (Lipinski definition) is 3. The smallest absolute Gasteiger partial charge is 0.320 e. The number of nitrogens with two attached hydrogens (primary N) is 2. The van der Waals surface area contributed by atoms with E-state index in [4.69, 9.17) is 16.6 Å². The molecule has 12 heavy (non-hydrogen) atoms. The Labute approximate surface area is 70.6 Å². The Bertz CT molecular complexity index is 180. The van der Waals surface area contributed by atoms with Crippen LogP contribution in [-0.2, 0) is 4.79 Å². The quantitative estimate of drug-likeness (QED) is 0.300. The molecule has 0 fully saturated rings. The van der Waals surface area contributed by atoms with Crippen LogP contribution >= 0.6 is 0 Å². The molecule has 6 nitrogen and oxygen atoms in total. The number of rotatable bonds is 4. The van der Waals surface area contributed by atoms with Crippen molar-refractivity contribution in [3.63, 3.8) is 0 Å². The lowest BCUT2D eigenvalue weighted by Crippen LogP contribution is -2.38. The topological polar surface area (TPSA) is 114 Å². The van der Waals surface area contributed by atoms with E-state index < -0.39 is 12.0 Å². The molecule has 0 bridgehead atoms. The molecule has 0 aliphatic carbocycles. The summed E-state index contributed by atoms with van der Waals surface area (Å²) in [7, 11) is 1.54. The minimum atomic E-state index is -1.01. The van der Waals surface area contributed by atoms with Crippen molar-refractivity contribution in [3.05, 3.63) is 0 Å². The van der Waals surface area contributed by atoms with Crippen molar-refractivity contribution in [2.24, 2.45) is 16.5 Å². The van der Waals surface area contributed by atoms with E-state index >= 15 is 0 Å². The van der Waals surface area contributed by atoms with Crippen molar-refractivity contribution in [3.8, 4) is 0 Å². The fraction of sp³-hybridized carbons (Fsp3) is 0.667. The van der Waals surface area contributed by atoms with E-state index in [1.54, 1.807) is 7.05 Å². The molecule has 0 saturated heterocycles. The summed E-state index contributed by atoms with van der Waals surface area (Å²) >= 11 is 0. The van der Waals surface area contributed by atoms with Crippen LogP contribution in [-0.4, -0.2) is 36.7 Å². The number of aliphatic imine (C=N–C) groups is 1. The molecule has 70 valence electrons. The Morgan fingerprint density at radius 1 is 1.75 bits per heavy atom. The maximum Gasteiger partial charge on any atom is 0.320 e. The van der Waals surface area contributed by atoms with Crippen LogP contribution in [0.4, 0.5) is 0 Å². The van der Waals surface area contributed by atoms with Gasteiger partial charge in [-0.05, 0) is 6.42 Å². The second-order valence-corrected chi connectivity index (χ2v) is 2.27. The summed E-state index contributed by atoms with van der Waals surface area (Å²) in [4.78, 5) is 13.9. The maximum absolute atomic E-state index is 10.2. The van der Waals surface area contributed by atoms with E-state index in [2.05, 4.69) is 10.3 Å². The van der Waals surface area contributed by atoms with Crippen LogP contribution in [0.1, 0.15) is 6.42 Å². The predicted octanol–water partition coefficient (Wildman–Crippen LogP) is -1.68. The van der Waals surface area contributed by atoms with Crippen LogP contribution < -0.4 is 16.8 Å². The molecule has 0 aliphatic heterocycles. The molecule has 0 aromatic carbocycles. The van der Waals surface area contributed by atoms with Crippen molar-refractivity contribution < 1.29 is 9.90 Å². The molecule has 0 aliphatic rings. The van der Waals surface area contributed by atoms with Crippen molar-refractivity contribution >= 4 is 11.9 Å². The van der Waals surface area contributed by atoms with Gasteiger partial charge in [0, 0.05) is 13.6 Å². The van der Waals surface area contributed by atoms with Gasteiger partial charge in [-0.3, -0.25) is 9.79 Å². The highest BCUT2D eigenvalue weighted by atomic mass is 16.4. The van der Waals surface area contributed by atoms with Gasteiger partial charge in [0.25, 0.3) is 0 Å². The molecule has 0 aromatic heterocycles. The van der Waals surface area contributed by atoms with Gasteiger partial charge < -0.3 is 21.9 Å². The maximum atomic E-state index is 10.2. The second kappa shape index (κ2) is 5.36. The third kappa shape index (κ3) is 4.51. The average molecular weight is 174 g/mol. The minimum Gasteiger partial charge on any atom is -0.480 e. The number of carboxylic acids is 1. The molecule has 0 heterocycles. The highest BCUT2D eigenvalue weighted by Crippen LogP contribution is 1.84. The fourth-order valence-electron chi connectivity index (χ4n) is 0.558. The summed E-state index contributed by atoms with van der Waals surface area (Å²) in [6.07, 6.45) is 0.325. The molecule has 0 amide bonds. The zero-order valence-corrected chi connectivity index (χ0v) is 6.95. The monoisotopic (exact) mass is 174 g/mol. The Morgan fingerprint density at radius 2 is 2.33 bits per heavy atom. The van der Waals surface area contributed by atoms with Gasteiger partial charge in [0.15, 0.2) is 5.96 Å². The summed E-state index contributed by atoms with van der Waals surface area (Å²) in [5, 5.41) is 11.1. The van der Waals surface area contributed by atoms with E-state index in [1.165, 1.54) is 0 Å². The summed E-state index contributed by atoms with van der Waals surface area (Å²) < 4.78 is 0. The van der Waals surface area contributed by atoms with Gasteiger partial charge in [-0.2, -0.15) is 0 Å². The van der Waals surface area contributed by atoms with Gasteiger partial charge in [-0.25, -0.2) is 0 Å². The summed E-state index contributed by atoms with van der Waals surface area (Å²) in [5.41, 5.74) is 10.5. The second-order valence-electron chi connectivity index (χ2n) is 2.27. The first-order valence-corrected chi connectivity index (χ1v) is 3.52. The zero-order chi connectivity index (χ0) is 9.56. The van der Waals surface area contributed by atoms with E-state index in [9.17, 15) is 4.79 Å². The SMILES string of the molecule is CN=C(N)NCC[C@H](N)C(=O)O. The molecule has 1 atom stereocenters. The molecule has 0 aromatic rings. The Balaban J connectivity index is 3.50. The van der Waals surface area contributed by atoms with Crippen molar-refractivity contribution in [1.82, 2.24) is 5.32 Å². The normalized spacial score (nSPS) is 14.0. The molecule has 0 rings (SSSR count). The van der Waals surface area contributed by atoms with Gasteiger partial charge in [-0.1, -0.05) is 0 Å². The molecule has 0 saturated carbocycles. The van der Waals surface area contributed by atoms with Crippen molar-refractivity contribution in [1.29, 1.82) is 0 Å². The summed E-state index contributed by atoms with van der Waals surface area (Å²) in [6, 6.07) is -0.845. The van der Waals surface area contributed by atoms with Gasteiger partial charge >= 0.3 is 5.97 Å². The number of nitrogens with one attached hydrogen (secondary N) is 1. The minimum absolute atomic E-state index is 0.285. The number of guanidine groups is 1. The Hall–Kier alpha value is -1.30. The molecule has 0 spiro atoms. The summed E-state index contributed by atoms with van der Waals surface area (Å²) in [5.74, 6) is -0.726. The first kappa shape index (κ1) is 10.7. The van der Waals surface area contributed by atoms with Gasteiger partial charge in [0.1, 0.15) is 6.04 Å². The highest BCUT2D eigenvalue weighted by Gasteiger charge is 2.09.